The molecule has 1 amide bonds. The Morgan fingerprint density at radius 2 is 2.00 bits per heavy atom. The summed E-state index contributed by atoms with van der Waals surface area (Å²) >= 11 is 11.9. The fourth-order valence-corrected chi connectivity index (χ4v) is 3.19. The molecule has 0 radical (unpaired) electrons. The Labute approximate surface area is 130 Å². The molecule has 1 aromatic rings. The molecule has 1 saturated heterocycles. The Hall–Kier alpha value is -0.930. The highest BCUT2D eigenvalue weighted by atomic mass is 35.5. The van der Waals surface area contributed by atoms with Crippen molar-refractivity contribution in [3.63, 3.8) is 0 Å². The molecule has 1 aliphatic heterocycles. The molecule has 0 saturated carbocycles. The van der Waals surface area contributed by atoms with Gasteiger partial charge in [-0.25, -0.2) is 0 Å². The predicted molar refractivity (Wildman–Crippen MR) is 84.4 cm³/mol. The van der Waals surface area contributed by atoms with E-state index in [9.17, 15) is 4.79 Å². The summed E-state index contributed by atoms with van der Waals surface area (Å²) in [5.74, 6) is -0.0148. The molecule has 0 spiro atoms. The van der Waals surface area contributed by atoms with E-state index in [4.69, 9.17) is 28.9 Å². The molecule has 3 nitrogen and oxygen atoms in total. The molecule has 0 atom stereocenters. The van der Waals surface area contributed by atoms with Gasteiger partial charge in [0.25, 0.3) is 5.91 Å². The zero-order valence-electron chi connectivity index (χ0n) is 11.9. The first-order valence-electron chi connectivity index (χ1n) is 6.96. The number of benzene rings is 1. The van der Waals surface area contributed by atoms with Gasteiger partial charge >= 0.3 is 0 Å². The third-order valence-corrected chi connectivity index (χ3v) is 5.35. The van der Waals surface area contributed by atoms with Crippen molar-refractivity contribution in [3.8, 4) is 0 Å². The molecule has 1 aromatic carbocycles. The van der Waals surface area contributed by atoms with Gasteiger partial charge in [-0.1, -0.05) is 37.0 Å². The highest BCUT2D eigenvalue weighted by molar-refractivity contribution is 6.43. The van der Waals surface area contributed by atoms with Gasteiger partial charge in [0.15, 0.2) is 0 Å². The lowest BCUT2D eigenvalue weighted by Gasteiger charge is -2.26. The Kier molecular flexibility index (Phi) is 4.50. The lowest BCUT2D eigenvalue weighted by Crippen LogP contribution is -2.31. The van der Waals surface area contributed by atoms with E-state index >= 15 is 0 Å². The number of halogens is 2. The molecule has 1 heterocycles. The van der Waals surface area contributed by atoms with Crippen molar-refractivity contribution in [2.75, 3.05) is 18.8 Å². The summed E-state index contributed by atoms with van der Waals surface area (Å²) in [6.07, 6.45) is 3.25. The molecule has 0 unspecified atom stereocenters. The number of likely N-dealkylation sites (tertiary alicyclic amines) is 1. The number of hydrogen-bond donors (Lipinski definition) is 1. The zero-order valence-corrected chi connectivity index (χ0v) is 13.4. The van der Waals surface area contributed by atoms with Gasteiger partial charge in [-0.3, -0.25) is 4.79 Å². The molecular formula is C15H20Cl2N2O. The van der Waals surface area contributed by atoms with Gasteiger partial charge in [-0.2, -0.15) is 0 Å². The molecule has 2 rings (SSSR count). The fourth-order valence-electron chi connectivity index (χ4n) is 2.85. The van der Waals surface area contributed by atoms with Crippen LogP contribution in [0.3, 0.4) is 0 Å². The topological polar surface area (TPSA) is 46.3 Å². The summed E-state index contributed by atoms with van der Waals surface area (Å²) in [5.41, 5.74) is 6.90. The first-order chi connectivity index (χ1) is 9.42. The summed E-state index contributed by atoms with van der Waals surface area (Å²) in [5, 5.41) is 0.632. The normalized spacial score (nSPS) is 17.5. The van der Waals surface area contributed by atoms with Crippen molar-refractivity contribution in [1.82, 2.24) is 4.90 Å². The minimum atomic E-state index is -0.0148. The average molecular weight is 315 g/mol. The van der Waals surface area contributed by atoms with Gasteiger partial charge < -0.3 is 10.6 Å². The van der Waals surface area contributed by atoms with Gasteiger partial charge in [0.2, 0.25) is 0 Å². The second-order valence-corrected chi connectivity index (χ2v) is 6.33. The number of anilines is 1. The summed E-state index contributed by atoms with van der Waals surface area (Å²) < 4.78 is 0. The number of carbonyl (C=O) groups excluding carboxylic acids is 1. The van der Waals surface area contributed by atoms with Crippen LogP contribution >= 0.6 is 23.2 Å². The van der Waals surface area contributed by atoms with Crippen LogP contribution in [0.25, 0.3) is 0 Å². The van der Waals surface area contributed by atoms with Crippen LogP contribution in [-0.4, -0.2) is 23.9 Å². The number of nitrogens with two attached hydrogens (primary N) is 1. The van der Waals surface area contributed by atoms with E-state index < -0.39 is 0 Å². The van der Waals surface area contributed by atoms with Crippen molar-refractivity contribution < 1.29 is 4.79 Å². The van der Waals surface area contributed by atoms with Gasteiger partial charge in [0.05, 0.1) is 15.7 Å². The lowest BCUT2D eigenvalue weighted by molar-refractivity contribution is 0.0770. The van der Waals surface area contributed by atoms with Gasteiger partial charge in [0, 0.05) is 18.7 Å². The number of nitrogen functional groups attached to an aromatic ring is 1. The Morgan fingerprint density at radius 3 is 2.50 bits per heavy atom. The van der Waals surface area contributed by atoms with Crippen molar-refractivity contribution >= 4 is 34.8 Å². The molecule has 5 heteroatoms. The molecule has 1 aliphatic rings. The van der Waals surface area contributed by atoms with E-state index in [0.29, 0.717) is 21.3 Å². The Bertz CT molecular complexity index is 504. The molecule has 0 aliphatic carbocycles. The fraction of sp³-hybridized carbons (Fsp3) is 0.533. The Balaban J connectivity index is 2.21. The van der Waals surface area contributed by atoms with Gasteiger partial charge in [-0.15, -0.1) is 0 Å². The predicted octanol–water partition coefficient (Wildman–Crippen LogP) is 4.23. The molecular weight excluding hydrogens is 295 g/mol. The van der Waals surface area contributed by atoms with E-state index in [0.717, 1.165) is 32.4 Å². The molecule has 0 aromatic heterocycles. The number of carbonyl (C=O) groups is 1. The van der Waals surface area contributed by atoms with Crippen LogP contribution in [-0.2, 0) is 0 Å². The number of amides is 1. The summed E-state index contributed by atoms with van der Waals surface area (Å²) in [7, 11) is 0. The molecule has 1 fully saturated rings. The van der Waals surface area contributed by atoms with Crippen LogP contribution in [0.15, 0.2) is 12.1 Å². The van der Waals surface area contributed by atoms with Crippen LogP contribution in [0.5, 0.6) is 0 Å². The second-order valence-electron chi connectivity index (χ2n) is 5.55. The van der Waals surface area contributed by atoms with Crippen molar-refractivity contribution in [1.29, 1.82) is 0 Å². The highest BCUT2D eigenvalue weighted by Crippen LogP contribution is 2.38. The van der Waals surface area contributed by atoms with E-state index in [-0.39, 0.29) is 11.3 Å². The van der Waals surface area contributed by atoms with E-state index in [1.165, 1.54) is 0 Å². The minimum Gasteiger partial charge on any atom is -0.397 e. The zero-order chi connectivity index (χ0) is 14.9. The first-order valence-corrected chi connectivity index (χ1v) is 7.72. The van der Waals surface area contributed by atoms with E-state index in [1.807, 2.05) is 4.90 Å². The van der Waals surface area contributed by atoms with Crippen LogP contribution in [0.2, 0.25) is 10.0 Å². The molecule has 2 N–H and O–H groups in total. The maximum Gasteiger partial charge on any atom is 0.254 e. The quantitative estimate of drug-likeness (QED) is 0.849. The SMILES string of the molecule is CCC1(CC)CCN(C(=O)c2cc(N)c(Cl)c(Cl)c2)C1. The van der Waals surface area contributed by atoms with Crippen molar-refractivity contribution in [3.05, 3.63) is 27.7 Å². The number of nitrogens with zero attached hydrogens (tertiary/aromatic N) is 1. The van der Waals surface area contributed by atoms with Crippen molar-refractivity contribution in [2.24, 2.45) is 5.41 Å². The molecule has 20 heavy (non-hydrogen) atoms. The third kappa shape index (κ3) is 2.75. The second kappa shape index (κ2) is 5.82. The van der Waals surface area contributed by atoms with Gasteiger partial charge in [-0.05, 0) is 36.8 Å². The van der Waals surface area contributed by atoms with E-state index in [2.05, 4.69) is 13.8 Å². The minimum absolute atomic E-state index is 0.0148. The number of rotatable bonds is 3. The largest absolute Gasteiger partial charge is 0.397 e. The summed E-state index contributed by atoms with van der Waals surface area (Å²) in [6.45, 7) is 5.98. The maximum atomic E-state index is 12.6. The molecule has 110 valence electrons. The van der Waals surface area contributed by atoms with Crippen LogP contribution in [0.4, 0.5) is 5.69 Å². The number of hydrogen-bond acceptors (Lipinski definition) is 2. The van der Waals surface area contributed by atoms with E-state index in [1.54, 1.807) is 12.1 Å². The monoisotopic (exact) mass is 314 g/mol. The van der Waals surface area contributed by atoms with Gasteiger partial charge in [0.1, 0.15) is 0 Å². The maximum absolute atomic E-state index is 12.6. The van der Waals surface area contributed by atoms with Crippen LogP contribution in [0.1, 0.15) is 43.5 Å². The summed E-state index contributed by atoms with van der Waals surface area (Å²) in [4.78, 5) is 14.4. The average Bonchev–Trinajstić information content (AvgIpc) is 2.88. The van der Waals surface area contributed by atoms with Crippen molar-refractivity contribution in [2.45, 2.75) is 33.1 Å². The molecule has 0 bridgehead atoms. The summed E-state index contributed by atoms with van der Waals surface area (Å²) in [6, 6.07) is 3.20. The first kappa shape index (κ1) is 15.5. The standard InChI is InChI=1S/C15H20Cl2N2O/c1-3-15(4-2)5-6-19(9-15)14(20)10-7-11(16)13(17)12(18)8-10/h7-8H,3-6,9,18H2,1-2H3. The Morgan fingerprint density at radius 1 is 1.35 bits per heavy atom. The highest BCUT2D eigenvalue weighted by Gasteiger charge is 2.37. The van der Waals surface area contributed by atoms with Crippen LogP contribution < -0.4 is 5.73 Å². The van der Waals surface area contributed by atoms with Crippen LogP contribution in [0, 0.1) is 5.41 Å². The smallest absolute Gasteiger partial charge is 0.254 e. The lowest BCUT2D eigenvalue weighted by atomic mass is 9.82. The third-order valence-electron chi connectivity index (χ3n) is 4.53.